The van der Waals surface area contributed by atoms with Crippen LogP contribution in [0.4, 0.5) is 35.1 Å². The van der Waals surface area contributed by atoms with Crippen LogP contribution in [0.25, 0.3) is 20.9 Å². The maximum absolute atomic E-state index is 12.2. The zero-order valence-corrected chi connectivity index (χ0v) is 11.5. The standard InChI is InChI=1S/C6H4F8O.N6O2S/c1-2-4(9,10)6(13,14)15-5(11,12)3(7)8;1-3-5-9(7,8)6-4-2/h2-3H,1H2;. The van der Waals surface area contributed by atoms with Gasteiger partial charge in [-0.1, -0.05) is 6.58 Å². The zero-order valence-electron chi connectivity index (χ0n) is 10.7. The Bertz CT molecular complexity index is 615. The number of hydrogen-bond donors (Lipinski definition) is 0. The molecular formula is C6H4F8N6O3S. The number of azide groups is 1. The molecule has 0 N–H and O–H groups in total. The smallest absolute Gasteiger partial charge is 0.246 e. The van der Waals surface area contributed by atoms with Gasteiger partial charge in [0.25, 0.3) is 0 Å². The molecule has 138 valence electrons. The fourth-order valence-electron chi connectivity index (χ4n) is 0.511. The molecule has 0 aliphatic carbocycles. The average molecular weight is 392 g/mol. The maximum atomic E-state index is 12.2. The first-order valence-electron chi connectivity index (χ1n) is 4.71. The van der Waals surface area contributed by atoms with E-state index in [0.29, 0.717) is 0 Å². The third-order valence-electron chi connectivity index (χ3n) is 1.44. The largest absolute Gasteiger partial charge is 0.427 e. The Morgan fingerprint density at radius 2 is 1.42 bits per heavy atom. The van der Waals surface area contributed by atoms with Crippen molar-refractivity contribution in [3.8, 4) is 0 Å². The van der Waals surface area contributed by atoms with Crippen molar-refractivity contribution in [3.63, 3.8) is 0 Å². The van der Waals surface area contributed by atoms with Gasteiger partial charge in [-0.25, -0.2) is 21.9 Å². The SMILES string of the molecule is C=CC(F)(F)C(F)(F)OC(F)(F)C(F)F.[N-]=[N+]=NS(=O)(=O)N=[N+]=[N-]. The molecule has 0 fully saturated rings. The Morgan fingerprint density at radius 3 is 1.67 bits per heavy atom. The molecule has 18 heteroatoms. The van der Waals surface area contributed by atoms with Crippen LogP contribution in [-0.2, 0) is 14.9 Å². The van der Waals surface area contributed by atoms with Gasteiger partial charge in [-0.2, -0.15) is 26.3 Å². The van der Waals surface area contributed by atoms with Crippen molar-refractivity contribution in [2.24, 2.45) is 9.04 Å². The minimum Gasteiger partial charge on any atom is -0.246 e. The van der Waals surface area contributed by atoms with E-state index in [0.717, 1.165) is 0 Å². The number of rotatable bonds is 7. The highest BCUT2D eigenvalue weighted by molar-refractivity contribution is 7.88. The lowest BCUT2D eigenvalue weighted by Gasteiger charge is -2.27. The quantitative estimate of drug-likeness (QED) is 0.211. The van der Waals surface area contributed by atoms with E-state index in [9.17, 15) is 43.5 Å². The molecular weight excluding hydrogens is 388 g/mol. The fraction of sp³-hybridized carbons (Fsp3) is 0.667. The summed E-state index contributed by atoms with van der Waals surface area (Å²) >= 11 is 0. The lowest BCUT2D eigenvalue weighted by molar-refractivity contribution is -0.441. The maximum Gasteiger partial charge on any atom is 0.427 e. The van der Waals surface area contributed by atoms with Gasteiger partial charge in [0.15, 0.2) is 0 Å². The minimum absolute atomic E-state index is 0.686. The van der Waals surface area contributed by atoms with Crippen LogP contribution in [0.15, 0.2) is 21.7 Å². The highest BCUT2D eigenvalue weighted by atomic mass is 32.2. The molecule has 0 amide bonds. The van der Waals surface area contributed by atoms with Crippen LogP contribution in [0, 0.1) is 0 Å². The first-order chi connectivity index (χ1) is 10.6. The van der Waals surface area contributed by atoms with Gasteiger partial charge in [-0.05, 0) is 17.1 Å². The summed E-state index contributed by atoms with van der Waals surface area (Å²) in [7, 11) is -4.27. The number of ether oxygens (including phenoxy) is 1. The Morgan fingerprint density at radius 1 is 1.04 bits per heavy atom. The van der Waals surface area contributed by atoms with E-state index >= 15 is 0 Å². The van der Waals surface area contributed by atoms with Gasteiger partial charge in [-0.15, -0.1) is 0 Å². The van der Waals surface area contributed by atoms with E-state index in [1.807, 2.05) is 9.82 Å². The van der Waals surface area contributed by atoms with Gasteiger partial charge in [0, 0.05) is 18.9 Å². The minimum atomic E-state index is -5.77. The van der Waals surface area contributed by atoms with Crippen LogP contribution >= 0.6 is 0 Å². The molecule has 0 aromatic heterocycles. The fourth-order valence-corrected chi connectivity index (χ4v) is 0.728. The molecule has 0 aliphatic heterocycles. The molecule has 0 aromatic rings. The highest BCUT2D eigenvalue weighted by Gasteiger charge is 2.62. The Kier molecular flexibility index (Phi) is 8.52. The summed E-state index contributed by atoms with van der Waals surface area (Å²) in [6.45, 7) is 2.23. The van der Waals surface area contributed by atoms with Crippen molar-refractivity contribution in [2.75, 3.05) is 0 Å². The summed E-state index contributed by atoms with van der Waals surface area (Å²) in [5.41, 5.74) is 15.0. The Balaban J connectivity index is 0. The number of halogens is 8. The van der Waals surface area contributed by atoms with Crippen molar-refractivity contribution in [1.82, 2.24) is 0 Å². The van der Waals surface area contributed by atoms with Gasteiger partial charge < -0.3 is 0 Å². The first-order valence-corrected chi connectivity index (χ1v) is 6.11. The summed E-state index contributed by atoms with van der Waals surface area (Å²) in [6, 6.07) is 0. The number of nitrogens with zero attached hydrogens (tertiary/aromatic N) is 6. The van der Waals surface area contributed by atoms with Gasteiger partial charge in [0.1, 0.15) is 0 Å². The lowest BCUT2D eigenvalue weighted by atomic mass is 10.3. The van der Waals surface area contributed by atoms with Crippen LogP contribution in [0.1, 0.15) is 0 Å². The van der Waals surface area contributed by atoms with Gasteiger partial charge in [-0.3, -0.25) is 0 Å². The van der Waals surface area contributed by atoms with Crippen molar-refractivity contribution in [3.05, 3.63) is 33.5 Å². The highest BCUT2D eigenvalue weighted by Crippen LogP contribution is 2.41. The molecule has 0 heterocycles. The molecule has 0 saturated carbocycles. The van der Waals surface area contributed by atoms with E-state index in [2.05, 4.69) is 20.4 Å². The predicted octanol–water partition coefficient (Wildman–Crippen LogP) is 4.13. The molecule has 0 spiro atoms. The number of hydrogen-bond acceptors (Lipinski definition) is 3. The van der Waals surface area contributed by atoms with E-state index in [1.54, 1.807) is 0 Å². The zero-order chi connectivity index (χ0) is 19.8. The van der Waals surface area contributed by atoms with E-state index in [-0.39, 0.29) is 0 Å². The Hall–Kier alpha value is -2.29. The van der Waals surface area contributed by atoms with E-state index in [4.69, 9.17) is 11.1 Å². The second-order valence-corrected chi connectivity index (χ2v) is 4.32. The topological polar surface area (TPSA) is 141 Å². The van der Waals surface area contributed by atoms with Gasteiger partial charge in [0.2, 0.25) is 0 Å². The molecule has 0 bridgehead atoms. The van der Waals surface area contributed by atoms with Crippen molar-refractivity contribution in [1.29, 1.82) is 0 Å². The van der Waals surface area contributed by atoms with Gasteiger partial charge in [0.05, 0.1) is 0 Å². The summed E-state index contributed by atoms with van der Waals surface area (Å²) in [6.07, 6.45) is -16.8. The van der Waals surface area contributed by atoms with Gasteiger partial charge >= 0.3 is 34.8 Å². The van der Waals surface area contributed by atoms with Crippen LogP contribution in [-0.4, -0.2) is 33.0 Å². The lowest BCUT2D eigenvalue weighted by Crippen LogP contribution is -2.48. The van der Waals surface area contributed by atoms with Crippen molar-refractivity contribution < 1.29 is 48.3 Å². The Labute approximate surface area is 126 Å². The molecule has 0 rings (SSSR count). The third-order valence-corrected chi connectivity index (χ3v) is 2.00. The van der Waals surface area contributed by atoms with Crippen LogP contribution in [0.5, 0.6) is 0 Å². The van der Waals surface area contributed by atoms with Crippen molar-refractivity contribution >= 4 is 10.2 Å². The molecule has 0 saturated heterocycles. The normalized spacial score (nSPS) is 12.4. The van der Waals surface area contributed by atoms with Crippen LogP contribution in [0.3, 0.4) is 0 Å². The molecule has 0 unspecified atom stereocenters. The molecule has 0 aliphatic rings. The summed E-state index contributed by atoms with van der Waals surface area (Å²) < 4.78 is 122. The van der Waals surface area contributed by atoms with E-state index < -0.39 is 40.9 Å². The second kappa shape index (κ2) is 8.53. The van der Waals surface area contributed by atoms with E-state index in [1.165, 1.54) is 0 Å². The molecule has 0 radical (unpaired) electrons. The third kappa shape index (κ3) is 7.82. The molecule has 0 aromatic carbocycles. The van der Waals surface area contributed by atoms with Crippen molar-refractivity contribution in [2.45, 2.75) is 24.6 Å². The molecule has 0 atom stereocenters. The molecule has 9 nitrogen and oxygen atoms in total. The van der Waals surface area contributed by atoms with Crippen LogP contribution in [0.2, 0.25) is 0 Å². The monoisotopic (exact) mass is 392 g/mol. The second-order valence-electron chi connectivity index (χ2n) is 3.10. The molecule has 24 heavy (non-hydrogen) atoms. The summed E-state index contributed by atoms with van der Waals surface area (Å²) in [5, 5.41) is 0. The predicted molar refractivity (Wildman–Crippen MR) is 59.3 cm³/mol. The average Bonchev–Trinajstić information content (AvgIpc) is 2.37. The first kappa shape index (κ1) is 24.0. The summed E-state index contributed by atoms with van der Waals surface area (Å²) in [5.74, 6) is -5.18. The van der Waals surface area contributed by atoms with Crippen LogP contribution < -0.4 is 0 Å². The number of alkyl halides is 8. The summed E-state index contributed by atoms with van der Waals surface area (Å²) in [4.78, 5) is 3.80.